The number of aryl methyl sites for hydroxylation is 1. The number of ketones is 1. The van der Waals surface area contributed by atoms with Crippen molar-refractivity contribution in [2.75, 3.05) is 7.11 Å². The summed E-state index contributed by atoms with van der Waals surface area (Å²) in [4.78, 5) is 12.1. The van der Waals surface area contributed by atoms with Gasteiger partial charge in [0.1, 0.15) is 15.9 Å². The fourth-order valence-corrected chi connectivity index (χ4v) is 3.51. The smallest absolute Gasteiger partial charge is 0.744 e. The van der Waals surface area contributed by atoms with Crippen LogP contribution in [0.1, 0.15) is 27.9 Å². The Morgan fingerprint density at radius 2 is 1.81 bits per heavy atom. The van der Waals surface area contributed by atoms with Crippen molar-refractivity contribution in [2.45, 2.75) is 17.7 Å². The van der Waals surface area contributed by atoms with Crippen molar-refractivity contribution in [1.29, 1.82) is 0 Å². The first-order chi connectivity index (χ1) is 11.4. The summed E-state index contributed by atoms with van der Waals surface area (Å²) in [6.07, 6.45) is 2.95. The normalized spacial score (nSPS) is 14.8. The Bertz CT molecular complexity index is 950. The average Bonchev–Trinajstić information content (AvgIpc) is 2.57. The molecule has 0 saturated carbocycles. The maximum atomic E-state index is 12.6. The molecule has 2 aromatic carbocycles. The van der Waals surface area contributed by atoms with E-state index < -0.39 is 15.0 Å². The molecule has 0 saturated heterocycles. The second kappa shape index (κ2) is 8.94. The molecule has 1 aliphatic rings. The molecule has 8 heteroatoms. The zero-order valence-corrected chi connectivity index (χ0v) is 17.3. The predicted octanol–water partition coefficient (Wildman–Crippen LogP) is -1.01. The number of methoxy groups -OCH3 is 1. The predicted molar refractivity (Wildman–Crippen MR) is 91.6 cm³/mol. The molecule has 0 amide bonds. The molecule has 2 N–H and O–H groups in total. The molecule has 26 heavy (non-hydrogen) atoms. The van der Waals surface area contributed by atoms with E-state index in [0.29, 0.717) is 23.1 Å². The van der Waals surface area contributed by atoms with E-state index in [-0.39, 0.29) is 46.6 Å². The molecule has 0 heterocycles. The number of benzene rings is 2. The summed E-state index contributed by atoms with van der Waals surface area (Å²) < 4.78 is 39.0. The first kappa shape index (κ1) is 22.6. The molecule has 6 nitrogen and oxygen atoms in total. The van der Waals surface area contributed by atoms with Crippen molar-refractivity contribution in [3.63, 3.8) is 0 Å². The van der Waals surface area contributed by atoms with Crippen LogP contribution in [0.5, 0.6) is 5.75 Å². The van der Waals surface area contributed by atoms with E-state index in [9.17, 15) is 17.8 Å². The van der Waals surface area contributed by atoms with E-state index in [1.807, 2.05) is 18.2 Å². The van der Waals surface area contributed by atoms with Gasteiger partial charge in [0.05, 0.1) is 12.0 Å². The van der Waals surface area contributed by atoms with Crippen LogP contribution in [0.4, 0.5) is 0 Å². The molecular formula is C18H17NaO6S. The molecule has 0 atom stereocenters. The van der Waals surface area contributed by atoms with Gasteiger partial charge in [-0.2, -0.15) is 0 Å². The number of ether oxygens (including phenoxy) is 1. The van der Waals surface area contributed by atoms with E-state index >= 15 is 0 Å². The minimum Gasteiger partial charge on any atom is -0.744 e. The third-order valence-corrected chi connectivity index (χ3v) is 4.87. The Hall–Kier alpha value is -1.48. The summed E-state index contributed by atoms with van der Waals surface area (Å²) in [5.74, 6) is -0.0772. The summed E-state index contributed by atoms with van der Waals surface area (Å²) >= 11 is 0. The molecule has 1 aliphatic carbocycles. The third-order valence-electron chi connectivity index (χ3n) is 4.02. The minimum absolute atomic E-state index is 0. The van der Waals surface area contributed by atoms with Gasteiger partial charge in [-0.1, -0.05) is 30.3 Å². The van der Waals surface area contributed by atoms with E-state index in [4.69, 9.17) is 4.74 Å². The van der Waals surface area contributed by atoms with E-state index in [1.54, 1.807) is 18.2 Å². The Balaban J connectivity index is 0.00000169. The van der Waals surface area contributed by atoms with Crippen molar-refractivity contribution in [1.82, 2.24) is 0 Å². The Labute approximate surface area is 174 Å². The fraction of sp³-hybridized carbons (Fsp3) is 0.167. The first-order valence-electron chi connectivity index (χ1n) is 7.37. The van der Waals surface area contributed by atoms with Gasteiger partial charge in [0.2, 0.25) is 0 Å². The molecule has 0 aromatic heterocycles. The minimum atomic E-state index is -4.66. The summed E-state index contributed by atoms with van der Waals surface area (Å²) in [6.45, 7) is 0. The van der Waals surface area contributed by atoms with E-state index in [0.717, 1.165) is 12.0 Å². The molecule has 0 aliphatic heterocycles. The largest absolute Gasteiger partial charge is 1.00 e. The fourth-order valence-electron chi connectivity index (χ4n) is 2.83. The topological polar surface area (TPSA) is 115 Å². The molecule has 0 radical (unpaired) electrons. The van der Waals surface area contributed by atoms with E-state index in [1.165, 1.54) is 19.2 Å². The molecule has 0 unspecified atom stereocenters. The van der Waals surface area contributed by atoms with Gasteiger partial charge in [-0.05, 0) is 42.2 Å². The van der Waals surface area contributed by atoms with Crippen LogP contribution in [0.3, 0.4) is 0 Å². The maximum Gasteiger partial charge on any atom is 1.00 e. The second-order valence-corrected chi connectivity index (χ2v) is 6.87. The average molecular weight is 384 g/mol. The Morgan fingerprint density at radius 3 is 2.46 bits per heavy atom. The first-order valence-corrected chi connectivity index (χ1v) is 8.78. The molecule has 132 valence electrons. The van der Waals surface area contributed by atoms with E-state index in [2.05, 4.69) is 0 Å². The van der Waals surface area contributed by atoms with Crippen LogP contribution >= 0.6 is 0 Å². The molecule has 0 spiro atoms. The number of hydrogen-bond donors (Lipinski definition) is 0. The van der Waals surface area contributed by atoms with Crippen LogP contribution in [-0.2, 0) is 16.5 Å². The van der Waals surface area contributed by atoms with Crippen LogP contribution in [0.2, 0.25) is 0 Å². The number of hydrogen-bond acceptors (Lipinski definition) is 5. The number of carbonyl (C=O) groups excluding carboxylic acids is 1. The van der Waals surface area contributed by atoms with Gasteiger partial charge in [-0.15, -0.1) is 0 Å². The molecular weight excluding hydrogens is 367 g/mol. The molecule has 3 rings (SSSR count). The van der Waals surface area contributed by atoms with Crippen LogP contribution in [-0.4, -0.2) is 31.3 Å². The monoisotopic (exact) mass is 384 g/mol. The zero-order chi connectivity index (χ0) is 17.3. The van der Waals surface area contributed by atoms with Crippen molar-refractivity contribution >= 4 is 22.0 Å². The van der Waals surface area contributed by atoms with Crippen molar-refractivity contribution in [2.24, 2.45) is 0 Å². The number of allylic oxidation sites excluding steroid dienone is 1. The number of Topliss-reactive ketones (excluding diaryl/α,β-unsaturated/α-hetero) is 1. The number of rotatable bonds is 3. The standard InChI is InChI=1S/C18H16O5S.Na.H2O/c1-23-16-9-6-12(11-17(16)24(20,21)22)10-14-8-7-13-4-2-3-5-15(13)18(14)19;;/h2-6,9-11H,7-8H2,1H3,(H,20,21,22);;1H2/q;+1;/p-1/b14-10-;;. The van der Waals surface area contributed by atoms with Gasteiger partial charge >= 0.3 is 29.6 Å². The second-order valence-electron chi connectivity index (χ2n) is 5.52. The molecule has 2 aromatic rings. The summed E-state index contributed by atoms with van der Waals surface area (Å²) in [6, 6.07) is 11.7. The van der Waals surface area contributed by atoms with Crippen LogP contribution in [0.15, 0.2) is 52.9 Å². The number of carbonyl (C=O) groups is 1. The van der Waals surface area contributed by atoms with Crippen LogP contribution in [0.25, 0.3) is 6.08 Å². The van der Waals surface area contributed by atoms with Crippen molar-refractivity contribution < 1.29 is 57.5 Å². The summed E-state index contributed by atoms with van der Waals surface area (Å²) in [5, 5.41) is 0. The van der Waals surface area contributed by atoms with Crippen LogP contribution in [0, 0.1) is 0 Å². The van der Waals surface area contributed by atoms with Gasteiger partial charge in [-0.25, -0.2) is 8.42 Å². The van der Waals surface area contributed by atoms with Gasteiger partial charge in [0.25, 0.3) is 0 Å². The SMILES string of the molecule is COc1ccc(/C=C2/CCc3ccccc3C2=O)cc1S(=O)(=O)[O-].O.[Na+]. The van der Waals surface area contributed by atoms with Gasteiger partial charge in [0, 0.05) is 11.1 Å². The third kappa shape index (κ3) is 4.62. The van der Waals surface area contributed by atoms with Gasteiger partial charge < -0.3 is 14.8 Å². The zero-order valence-electron chi connectivity index (χ0n) is 14.5. The Morgan fingerprint density at radius 1 is 1.12 bits per heavy atom. The van der Waals surface area contributed by atoms with Gasteiger partial charge in [-0.3, -0.25) is 4.79 Å². The van der Waals surface area contributed by atoms with Gasteiger partial charge in [0.15, 0.2) is 5.78 Å². The summed E-state index contributed by atoms with van der Waals surface area (Å²) in [7, 11) is -3.36. The number of fused-ring (bicyclic) bond motifs is 1. The Kier molecular flexibility index (Phi) is 7.76. The molecule has 0 bridgehead atoms. The van der Waals surface area contributed by atoms with Crippen molar-refractivity contribution in [3.05, 3.63) is 64.7 Å². The van der Waals surface area contributed by atoms with Crippen LogP contribution < -0.4 is 34.3 Å². The quantitative estimate of drug-likeness (QED) is 0.382. The van der Waals surface area contributed by atoms with Crippen molar-refractivity contribution in [3.8, 4) is 5.75 Å². The summed E-state index contributed by atoms with van der Waals surface area (Å²) in [5.41, 5.74) is 2.75. The maximum absolute atomic E-state index is 12.6. The molecule has 0 fully saturated rings.